The first-order chi connectivity index (χ1) is 19.3. The zero-order chi connectivity index (χ0) is 25.5. The first-order valence-corrected chi connectivity index (χ1v) is 16.7. The van der Waals surface area contributed by atoms with E-state index < -0.39 is 0 Å². The predicted molar refractivity (Wildman–Crippen MR) is 156 cm³/mol. The molecule has 0 saturated heterocycles. The Balaban J connectivity index is 1.44. The second kappa shape index (κ2) is 7.32. The molecular weight excluding hydrogens is 587 g/mol. The van der Waals surface area contributed by atoms with Gasteiger partial charge in [0.15, 0.2) is 0 Å². The molecule has 0 radical (unpaired) electrons. The fourth-order valence-electron chi connectivity index (χ4n) is 8.99. The van der Waals surface area contributed by atoms with E-state index in [-0.39, 0.29) is 21.2 Å². The van der Waals surface area contributed by atoms with Crippen molar-refractivity contribution in [2.24, 2.45) is 5.92 Å². The molecule has 5 aliphatic rings. The van der Waals surface area contributed by atoms with Crippen LogP contribution in [0.3, 0.4) is 0 Å². The predicted octanol–water partition coefficient (Wildman–Crippen LogP) is 4.27. The van der Waals surface area contributed by atoms with Gasteiger partial charge in [-0.05, 0) is 0 Å². The van der Waals surface area contributed by atoms with E-state index >= 15 is 0 Å². The SMILES string of the molecule is CC1C=c2c(n3c4c5c(ccc24)[I-]c2ccc(-c4ccccc4)c4c2[N+]5(c2ccccc2-3)C2CCCC42)=CC1. The fourth-order valence-corrected chi connectivity index (χ4v) is 12.2. The fraction of sp³-hybridized carbons (Fsp3) is 0.222. The van der Waals surface area contributed by atoms with Crippen molar-refractivity contribution in [3.05, 3.63) is 102 Å². The van der Waals surface area contributed by atoms with Gasteiger partial charge in [0, 0.05) is 0 Å². The van der Waals surface area contributed by atoms with Crippen LogP contribution >= 0.6 is 0 Å². The summed E-state index contributed by atoms with van der Waals surface area (Å²) >= 11 is -0.261. The van der Waals surface area contributed by atoms with Gasteiger partial charge in [0.1, 0.15) is 0 Å². The average molecular weight is 617 g/mol. The van der Waals surface area contributed by atoms with Crippen LogP contribution in [0.5, 0.6) is 0 Å². The summed E-state index contributed by atoms with van der Waals surface area (Å²) in [6, 6.07) is 31.3. The molecule has 4 unspecified atom stereocenters. The van der Waals surface area contributed by atoms with Gasteiger partial charge in [-0.3, -0.25) is 0 Å². The average Bonchev–Trinajstić information content (AvgIpc) is 3.66. The van der Waals surface area contributed by atoms with E-state index in [0.29, 0.717) is 17.9 Å². The van der Waals surface area contributed by atoms with E-state index in [0.717, 1.165) is 10.9 Å². The quantitative estimate of drug-likeness (QED) is 0.196. The number of fused-ring (bicyclic) bond motifs is 7. The van der Waals surface area contributed by atoms with E-state index in [2.05, 4.69) is 103 Å². The first kappa shape index (κ1) is 21.6. The van der Waals surface area contributed by atoms with E-state index in [1.54, 1.807) is 24.1 Å². The summed E-state index contributed by atoms with van der Waals surface area (Å²) in [5, 5.41) is 4.35. The van der Waals surface area contributed by atoms with Gasteiger partial charge in [-0.2, -0.15) is 0 Å². The van der Waals surface area contributed by atoms with Crippen LogP contribution in [0.15, 0.2) is 78.9 Å². The van der Waals surface area contributed by atoms with E-state index in [9.17, 15) is 0 Å². The Labute approximate surface area is 238 Å². The Hall–Kier alpha value is -3.15. The molecule has 4 atom stereocenters. The van der Waals surface area contributed by atoms with Crippen molar-refractivity contribution in [3.63, 3.8) is 0 Å². The van der Waals surface area contributed by atoms with Crippen molar-refractivity contribution in [3.8, 4) is 16.8 Å². The third-order valence-electron chi connectivity index (χ3n) is 10.3. The Bertz CT molecular complexity index is 2030. The van der Waals surface area contributed by atoms with Gasteiger partial charge >= 0.3 is 240 Å². The van der Waals surface area contributed by atoms with Gasteiger partial charge in [0.2, 0.25) is 0 Å². The summed E-state index contributed by atoms with van der Waals surface area (Å²) in [7, 11) is 0. The second-order valence-electron chi connectivity index (χ2n) is 12.1. The normalized spacial score (nSPS) is 26.5. The van der Waals surface area contributed by atoms with Crippen LogP contribution in [-0.2, 0) is 0 Å². The van der Waals surface area contributed by atoms with Crippen molar-refractivity contribution in [2.45, 2.75) is 44.6 Å². The van der Waals surface area contributed by atoms with Crippen molar-refractivity contribution in [2.75, 3.05) is 0 Å². The van der Waals surface area contributed by atoms with Crippen LogP contribution in [0.25, 0.3) is 39.9 Å². The number of halogens is 1. The molecule has 190 valence electrons. The summed E-state index contributed by atoms with van der Waals surface area (Å²) in [5.41, 5.74) is 12.3. The van der Waals surface area contributed by atoms with Crippen LogP contribution in [0, 0.1) is 13.1 Å². The summed E-state index contributed by atoms with van der Waals surface area (Å²) in [4.78, 5) is 0. The second-order valence-corrected chi connectivity index (χ2v) is 15.0. The molecule has 1 saturated carbocycles. The van der Waals surface area contributed by atoms with Crippen molar-refractivity contribution in [1.82, 2.24) is 9.05 Å². The Morgan fingerprint density at radius 3 is 2.59 bits per heavy atom. The van der Waals surface area contributed by atoms with Gasteiger partial charge in [-0.1, -0.05) is 0 Å². The van der Waals surface area contributed by atoms with Gasteiger partial charge in [0.05, 0.1) is 0 Å². The number of nitrogens with zero attached hydrogens (tertiary/aromatic N) is 2. The number of para-hydroxylation sites is 2. The van der Waals surface area contributed by atoms with Crippen LogP contribution in [0.2, 0.25) is 0 Å². The molecule has 39 heavy (non-hydrogen) atoms. The summed E-state index contributed by atoms with van der Waals surface area (Å²) in [6.45, 7) is 2.37. The molecule has 10 rings (SSSR count). The van der Waals surface area contributed by atoms with Crippen LogP contribution < -0.4 is 36.3 Å². The number of hydrogen-bond acceptors (Lipinski definition) is 0. The zero-order valence-electron chi connectivity index (χ0n) is 22.0. The molecule has 5 aromatic rings. The molecule has 3 heteroatoms. The number of hydrogen-bond donors (Lipinski definition) is 0. The molecular formula is C36H29IN2. The summed E-state index contributed by atoms with van der Waals surface area (Å²) < 4.78 is 6.92. The van der Waals surface area contributed by atoms with E-state index in [4.69, 9.17) is 0 Å². The zero-order valence-corrected chi connectivity index (χ0v) is 24.2. The monoisotopic (exact) mass is 616 g/mol. The van der Waals surface area contributed by atoms with Crippen molar-refractivity contribution in [1.29, 1.82) is 0 Å². The molecule has 1 spiro atoms. The van der Waals surface area contributed by atoms with Crippen molar-refractivity contribution < 1.29 is 21.2 Å². The standard InChI is InChI=1S/C36H29IN2/c1-21-14-19-29-26(20-21)24-16-18-28-36-34(24)38(29)30-11-5-6-12-32(30)39(36)31-13-7-10-25(31)33-23(22-8-3-2-4-9-22)15-17-27(37-28)35(33)39/h2-6,8-9,11-12,15-21,25,31H,7,10,13-14H2,1H3. The number of benzene rings is 4. The molecule has 4 heterocycles. The number of quaternary nitrogens is 1. The molecule has 0 bridgehead atoms. The van der Waals surface area contributed by atoms with Gasteiger partial charge < -0.3 is 0 Å². The molecule has 1 aromatic heterocycles. The maximum absolute atomic E-state index is 2.67. The van der Waals surface area contributed by atoms with Crippen LogP contribution in [0.4, 0.5) is 17.1 Å². The molecule has 4 aromatic carbocycles. The van der Waals surface area contributed by atoms with E-state index in [1.807, 2.05) is 0 Å². The molecule has 0 N–H and O–H groups in total. The first-order valence-electron chi connectivity index (χ1n) is 14.5. The van der Waals surface area contributed by atoms with Crippen LogP contribution in [-0.4, -0.2) is 10.6 Å². The van der Waals surface area contributed by atoms with Gasteiger partial charge in [0.25, 0.3) is 0 Å². The third kappa shape index (κ3) is 2.41. The Kier molecular flexibility index (Phi) is 4.06. The Morgan fingerprint density at radius 2 is 1.67 bits per heavy atom. The third-order valence-corrected chi connectivity index (χ3v) is 13.2. The number of aromatic nitrogens is 1. The van der Waals surface area contributed by atoms with Gasteiger partial charge in [-0.25, -0.2) is 0 Å². The maximum atomic E-state index is 2.67. The minimum absolute atomic E-state index is 0.261. The molecule has 3 aliphatic heterocycles. The molecule has 2 aliphatic carbocycles. The van der Waals surface area contributed by atoms with E-state index in [1.165, 1.54) is 63.2 Å². The Morgan fingerprint density at radius 1 is 0.846 bits per heavy atom. The number of rotatable bonds is 1. The topological polar surface area (TPSA) is 4.93 Å². The summed E-state index contributed by atoms with van der Waals surface area (Å²) in [6.07, 6.45) is 10.1. The minimum atomic E-state index is -0.261. The van der Waals surface area contributed by atoms with Gasteiger partial charge in [-0.15, -0.1) is 0 Å². The van der Waals surface area contributed by atoms with Crippen LogP contribution in [0.1, 0.15) is 44.1 Å². The molecule has 1 fully saturated rings. The summed E-state index contributed by atoms with van der Waals surface area (Å²) in [5.74, 6) is 1.20. The molecule has 2 nitrogen and oxygen atoms in total. The van der Waals surface area contributed by atoms with Crippen molar-refractivity contribution >= 4 is 40.1 Å². The molecule has 0 amide bonds.